The lowest BCUT2D eigenvalue weighted by Crippen LogP contribution is -2.30. The van der Waals surface area contributed by atoms with Gasteiger partial charge in [0.25, 0.3) is 0 Å². The number of anilines is 1. The minimum Gasteiger partial charge on any atom is -0.365 e. The average Bonchev–Trinajstić information content (AvgIpc) is 2.76. The van der Waals surface area contributed by atoms with Gasteiger partial charge in [-0.3, -0.25) is 10.1 Å². The Balaban J connectivity index is 1.98. The molecule has 1 aliphatic heterocycles. The third kappa shape index (κ3) is 3.27. The maximum atomic E-state index is 11.1. The van der Waals surface area contributed by atoms with Crippen LogP contribution in [0.5, 0.6) is 0 Å². The lowest BCUT2D eigenvalue weighted by molar-refractivity contribution is -0.384. The molecule has 20 heavy (non-hydrogen) atoms. The molecule has 2 N–H and O–H groups in total. The summed E-state index contributed by atoms with van der Waals surface area (Å²) in [5.41, 5.74) is 0.576. The Bertz CT molecular complexity index is 466. The van der Waals surface area contributed by atoms with Gasteiger partial charge >= 0.3 is 5.69 Å². The summed E-state index contributed by atoms with van der Waals surface area (Å²) < 4.78 is 1.67. The van der Waals surface area contributed by atoms with Crippen LogP contribution < -0.4 is 10.6 Å². The van der Waals surface area contributed by atoms with E-state index in [2.05, 4.69) is 15.7 Å². The summed E-state index contributed by atoms with van der Waals surface area (Å²) in [5, 5.41) is 22.0. The number of nitrogens with zero attached hydrogens (tertiary/aromatic N) is 3. The summed E-state index contributed by atoms with van der Waals surface area (Å²) in [6.45, 7) is 7.15. The van der Waals surface area contributed by atoms with E-state index in [1.54, 1.807) is 11.6 Å². The van der Waals surface area contributed by atoms with E-state index in [4.69, 9.17) is 0 Å². The smallest absolute Gasteiger partial charge is 0.333 e. The summed E-state index contributed by atoms with van der Waals surface area (Å²) in [6.07, 6.45) is 3.48. The van der Waals surface area contributed by atoms with E-state index >= 15 is 0 Å². The first-order valence-electron chi connectivity index (χ1n) is 7.29. The molecule has 1 aromatic rings. The molecule has 0 radical (unpaired) electrons. The molecular weight excluding hydrogens is 258 g/mol. The highest BCUT2D eigenvalue weighted by atomic mass is 16.6. The van der Waals surface area contributed by atoms with Gasteiger partial charge in [0.05, 0.1) is 4.92 Å². The number of hydrogen-bond donors (Lipinski definition) is 2. The minimum absolute atomic E-state index is 0.105. The fourth-order valence-electron chi connectivity index (χ4n) is 2.76. The Labute approximate surface area is 118 Å². The first kappa shape index (κ1) is 14.8. The van der Waals surface area contributed by atoms with Gasteiger partial charge in [-0.25, -0.2) is 4.68 Å². The molecule has 7 nitrogen and oxygen atoms in total. The molecule has 7 heteroatoms. The SMILES string of the molecule is CCn1nc(C)c([N+](=O)[O-])c1NCCC1CCCNC1. The number of piperidine rings is 1. The van der Waals surface area contributed by atoms with E-state index in [0.29, 0.717) is 24.0 Å². The van der Waals surface area contributed by atoms with Crippen LogP contribution in [0.3, 0.4) is 0 Å². The maximum absolute atomic E-state index is 11.1. The third-order valence-corrected chi connectivity index (χ3v) is 3.82. The number of rotatable bonds is 6. The zero-order valence-electron chi connectivity index (χ0n) is 12.2. The first-order chi connectivity index (χ1) is 9.63. The van der Waals surface area contributed by atoms with Crippen LogP contribution in [0.25, 0.3) is 0 Å². The zero-order chi connectivity index (χ0) is 14.5. The molecule has 0 spiro atoms. The summed E-state index contributed by atoms with van der Waals surface area (Å²) >= 11 is 0. The lowest BCUT2D eigenvalue weighted by atomic mass is 9.96. The highest BCUT2D eigenvalue weighted by Crippen LogP contribution is 2.28. The van der Waals surface area contributed by atoms with Gasteiger partial charge in [-0.1, -0.05) is 0 Å². The van der Waals surface area contributed by atoms with E-state index in [-0.39, 0.29) is 10.6 Å². The molecule has 1 fully saturated rings. The van der Waals surface area contributed by atoms with Crippen molar-refractivity contribution in [1.29, 1.82) is 0 Å². The van der Waals surface area contributed by atoms with Crippen LogP contribution in [0.2, 0.25) is 0 Å². The van der Waals surface area contributed by atoms with Crippen molar-refractivity contribution < 1.29 is 4.92 Å². The van der Waals surface area contributed by atoms with Gasteiger partial charge in [-0.05, 0) is 52.1 Å². The Morgan fingerprint density at radius 1 is 1.60 bits per heavy atom. The standard InChI is InChI=1S/C13H23N5O2/c1-3-17-13(12(18(19)20)10(2)16-17)15-8-6-11-5-4-7-14-9-11/h11,14-15H,3-9H2,1-2H3. The quantitative estimate of drug-likeness (QED) is 0.614. The molecule has 0 aromatic carbocycles. The van der Waals surface area contributed by atoms with Crippen LogP contribution in [-0.4, -0.2) is 34.3 Å². The molecule has 0 amide bonds. The van der Waals surface area contributed by atoms with Crippen molar-refractivity contribution in [2.75, 3.05) is 25.0 Å². The van der Waals surface area contributed by atoms with Crippen LogP contribution in [0.1, 0.15) is 31.9 Å². The van der Waals surface area contributed by atoms with Gasteiger partial charge in [0.1, 0.15) is 5.69 Å². The zero-order valence-corrected chi connectivity index (χ0v) is 12.2. The molecule has 1 unspecified atom stereocenters. The maximum Gasteiger partial charge on any atom is 0.333 e. The van der Waals surface area contributed by atoms with Crippen molar-refractivity contribution in [2.45, 2.75) is 39.7 Å². The van der Waals surface area contributed by atoms with Crippen molar-refractivity contribution in [3.63, 3.8) is 0 Å². The number of aromatic nitrogens is 2. The predicted molar refractivity (Wildman–Crippen MR) is 78.0 cm³/mol. The summed E-state index contributed by atoms with van der Waals surface area (Å²) in [4.78, 5) is 10.8. The van der Waals surface area contributed by atoms with E-state index < -0.39 is 0 Å². The normalized spacial score (nSPS) is 19.0. The fraction of sp³-hybridized carbons (Fsp3) is 0.769. The second kappa shape index (κ2) is 6.69. The lowest BCUT2D eigenvalue weighted by Gasteiger charge is -2.22. The average molecular weight is 281 g/mol. The van der Waals surface area contributed by atoms with Crippen molar-refractivity contribution in [3.05, 3.63) is 15.8 Å². The Kier molecular flexibility index (Phi) is 4.94. The second-order valence-electron chi connectivity index (χ2n) is 5.28. The molecule has 0 bridgehead atoms. The van der Waals surface area contributed by atoms with Gasteiger partial charge < -0.3 is 10.6 Å². The third-order valence-electron chi connectivity index (χ3n) is 3.82. The molecule has 2 heterocycles. The van der Waals surface area contributed by atoms with Crippen molar-refractivity contribution in [1.82, 2.24) is 15.1 Å². The van der Waals surface area contributed by atoms with E-state index in [1.165, 1.54) is 12.8 Å². The van der Waals surface area contributed by atoms with Gasteiger partial charge in [-0.2, -0.15) is 5.10 Å². The van der Waals surface area contributed by atoms with E-state index in [0.717, 1.165) is 26.1 Å². The highest BCUT2D eigenvalue weighted by molar-refractivity contribution is 5.59. The highest BCUT2D eigenvalue weighted by Gasteiger charge is 2.24. The van der Waals surface area contributed by atoms with E-state index in [1.807, 2.05) is 6.92 Å². The van der Waals surface area contributed by atoms with Crippen molar-refractivity contribution in [2.24, 2.45) is 5.92 Å². The van der Waals surface area contributed by atoms with Crippen LogP contribution >= 0.6 is 0 Å². The van der Waals surface area contributed by atoms with Gasteiger partial charge in [-0.15, -0.1) is 0 Å². The second-order valence-corrected chi connectivity index (χ2v) is 5.28. The summed E-state index contributed by atoms with van der Waals surface area (Å²) in [5.74, 6) is 1.20. The van der Waals surface area contributed by atoms with Crippen LogP contribution in [-0.2, 0) is 6.54 Å². The van der Waals surface area contributed by atoms with Crippen LogP contribution in [0.4, 0.5) is 11.5 Å². The molecule has 0 aliphatic carbocycles. The molecule has 112 valence electrons. The molecule has 1 aromatic heterocycles. The number of nitrogens with one attached hydrogen (secondary N) is 2. The summed E-state index contributed by atoms with van der Waals surface area (Å²) in [6, 6.07) is 0. The predicted octanol–water partition coefficient (Wildman–Crippen LogP) is 1.92. The minimum atomic E-state index is -0.348. The van der Waals surface area contributed by atoms with Gasteiger partial charge in [0, 0.05) is 13.1 Å². The number of hydrogen-bond acceptors (Lipinski definition) is 5. The molecular formula is C13H23N5O2. The molecule has 2 rings (SSSR count). The number of nitro groups is 1. The Morgan fingerprint density at radius 2 is 2.40 bits per heavy atom. The van der Waals surface area contributed by atoms with Crippen LogP contribution in [0, 0.1) is 23.0 Å². The Morgan fingerprint density at radius 3 is 3.00 bits per heavy atom. The van der Waals surface area contributed by atoms with E-state index in [9.17, 15) is 10.1 Å². The largest absolute Gasteiger partial charge is 0.365 e. The van der Waals surface area contributed by atoms with Gasteiger partial charge in [0.15, 0.2) is 0 Å². The first-order valence-corrected chi connectivity index (χ1v) is 7.29. The Hall–Kier alpha value is -1.63. The van der Waals surface area contributed by atoms with Crippen molar-refractivity contribution >= 4 is 11.5 Å². The molecule has 1 atom stereocenters. The molecule has 0 saturated carbocycles. The monoisotopic (exact) mass is 281 g/mol. The fourth-order valence-corrected chi connectivity index (χ4v) is 2.76. The van der Waals surface area contributed by atoms with Crippen LogP contribution in [0.15, 0.2) is 0 Å². The summed E-state index contributed by atoms with van der Waals surface area (Å²) in [7, 11) is 0. The van der Waals surface area contributed by atoms with Crippen molar-refractivity contribution in [3.8, 4) is 0 Å². The molecule has 1 aliphatic rings. The number of aryl methyl sites for hydroxylation is 2. The topological polar surface area (TPSA) is 85.0 Å². The molecule has 1 saturated heterocycles. The van der Waals surface area contributed by atoms with Gasteiger partial charge in [0.2, 0.25) is 5.82 Å².